The van der Waals surface area contributed by atoms with Crippen molar-refractivity contribution < 1.29 is 24.2 Å². The van der Waals surface area contributed by atoms with Crippen molar-refractivity contribution in [3.63, 3.8) is 0 Å². The number of carboxylic acid groups (broad SMARTS) is 1. The first-order valence-corrected chi connectivity index (χ1v) is 7.57. The Kier molecular flexibility index (Phi) is 6.87. The summed E-state index contributed by atoms with van der Waals surface area (Å²) in [6.07, 6.45) is 0.783. The van der Waals surface area contributed by atoms with E-state index in [1.165, 1.54) is 11.3 Å². The molecule has 21 heavy (non-hydrogen) atoms. The van der Waals surface area contributed by atoms with Gasteiger partial charge in [-0.1, -0.05) is 6.92 Å². The number of amides is 1. The van der Waals surface area contributed by atoms with Crippen molar-refractivity contribution in [3.8, 4) is 0 Å². The van der Waals surface area contributed by atoms with E-state index in [2.05, 4.69) is 5.32 Å². The standard InChI is InChI=1S/C14H19NO5S/c1-3-9-5-7-11(21-9)13(17)15-10(14(18)19)6-8-12(16)20-4-2/h5,7,10H,3-4,6,8H2,1-2H3,(H,15,17)(H,18,19)/t10-/m0/s1. The van der Waals surface area contributed by atoms with Gasteiger partial charge in [-0.05, 0) is 31.9 Å². The Hall–Kier alpha value is -1.89. The number of hydrogen-bond acceptors (Lipinski definition) is 5. The first-order chi connectivity index (χ1) is 9.97. The summed E-state index contributed by atoms with van der Waals surface area (Å²) >= 11 is 1.33. The predicted molar refractivity (Wildman–Crippen MR) is 78.5 cm³/mol. The summed E-state index contributed by atoms with van der Waals surface area (Å²) in [5, 5.41) is 11.5. The third-order valence-corrected chi connectivity index (χ3v) is 4.01. The molecule has 0 saturated heterocycles. The van der Waals surface area contributed by atoms with Crippen molar-refractivity contribution in [1.82, 2.24) is 5.32 Å². The molecule has 116 valence electrons. The van der Waals surface area contributed by atoms with Crippen LogP contribution in [-0.4, -0.2) is 35.6 Å². The number of carbonyl (C=O) groups excluding carboxylic acids is 2. The van der Waals surface area contributed by atoms with E-state index in [1.54, 1.807) is 13.0 Å². The Labute approximate surface area is 127 Å². The quantitative estimate of drug-likeness (QED) is 0.714. The molecule has 1 heterocycles. The molecule has 1 aromatic heterocycles. The van der Waals surface area contributed by atoms with Crippen LogP contribution in [0, 0.1) is 0 Å². The molecular formula is C14H19NO5S. The zero-order chi connectivity index (χ0) is 15.8. The van der Waals surface area contributed by atoms with Crippen LogP contribution in [-0.2, 0) is 20.7 Å². The molecule has 0 aromatic carbocycles. The van der Waals surface area contributed by atoms with Crippen LogP contribution in [0.1, 0.15) is 41.2 Å². The summed E-state index contributed by atoms with van der Waals surface area (Å²) in [5.74, 6) is -2.07. The van der Waals surface area contributed by atoms with Gasteiger partial charge in [-0.3, -0.25) is 9.59 Å². The van der Waals surface area contributed by atoms with Crippen LogP contribution in [0.3, 0.4) is 0 Å². The molecule has 7 heteroatoms. The molecule has 0 aliphatic carbocycles. The van der Waals surface area contributed by atoms with Gasteiger partial charge >= 0.3 is 11.9 Å². The molecule has 2 N–H and O–H groups in total. The lowest BCUT2D eigenvalue weighted by Gasteiger charge is -2.13. The summed E-state index contributed by atoms with van der Waals surface area (Å²) in [5.41, 5.74) is 0. The fourth-order valence-corrected chi connectivity index (χ4v) is 2.52. The number of aryl methyl sites for hydroxylation is 1. The Balaban J connectivity index is 2.59. The van der Waals surface area contributed by atoms with Crippen molar-refractivity contribution >= 4 is 29.2 Å². The first kappa shape index (κ1) is 17.2. The second kappa shape index (κ2) is 8.41. The maximum absolute atomic E-state index is 12.0. The second-order valence-corrected chi connectivity index (χ2v) is 5.50. The smallest absolute Gasteiger partial charge is 0.326 e. The maximum Gasteiger partial charge on any atom is 0.326 e. The monoisotopic (exact) mass is 313 g/mol. The Morgan fingerprint density at radius 1 is 1.33 bits per heavy atom. The van der Waals surface area contributed by atoms with Crippen molar-refractivity contribution in [3.05, 3.63) is 21.9 Å². The summed E-state index contributed by atoms with van der Waals surface area (Å²) in [6, 6.07) is 2.41. The number of nitrogens with one attached hydrogen (secondary N) is 1. The van der Waals surface area contributed by atoms with Gasteiger partial charge in [0.05, 0.1) is 11.5 Å². The van der Waals surface area contributed by atoms with Gasteiger partial charge in [0.25, 0.3) is 5.91 Å². The molecule has 1 amide bonds. The molecule has 0 aliphatic rings. The molecule has 6 nitrogen and oxygen atoms in total. The minimum absolute atomic E-state index is 0.00587. The van der Waals surface area contributed by atoms with E-state index in [0.717, 1.165) is 11.3 Å². The van der Waals surface area contributed by atoms with Gasteiger partial charge in [-0.25, -0.2) is 4.79 Å². The lowest BCUT2D eigenvalue weighted by molar-refractivity contribution is -0.144. The highest BCUT2D eigenvalue weighted by atomic mass is 32.1. The SMILES string of the molecule is CCOC(=O)CC[C@H](NC(=O)c1ccc(CC)s1)C(=O)O. The molecule has 0 bridgehead atoms. The number of aliphatic carboxylic acids is 1. The molecule has 0 aliphatic heterocycles. The Morgan fingerprint density at radius 2 is 2.05 bits per heavy atom. The summed E-state index contributed by atoms with van der Waals surface area (Å²) in [6.45, 7) is 3.90. The fraction of sp³-hybridized carbons (Fsp3) is 0.500. The molecule has 1 atom stereocenters. The largest absolute Gasteiger partial charge is 0.480 e. The molecular weight excluding hydrogens is 294 g/mol. The highest BCUT2D eigenvalue weighted by Gasteiger charge is 2.22. The van der Waals surface area contributed by atoms with Crippen molar-refractivity contribution in [2.24, 2.45) is 0 Å². The maximum atomic E-state index is 12.0. The van der Waals surface area contributed by atoms with E-state index in [4.69, 9.17) is 9.84 Å². The molecule has 0 radical (unpaired) electrons. The van der Waals surface area contributed by atoms with E-state index >= 15 is 0 Å². The fourth-order valence-electron chi connectivity index (χ4n) is 1.67. The number of ether oxygens (including phenoxy) is 1. The summed E-state index contributed by atoms with van der Waals surface area (Å²) in [7, 11) is 0. The number of hydrogen-bond donors (Lipinski definition) is 2. The minimum atomic E-state index is -1.17. The van der Waals surface area contributed by atoms with Crippen molar-refractivity contribution in [2.75, 3.05) is 6.61 Å². The van der Waals surface area contributed by atoms with E-state index in [1.807, 2.05) is 13.0 Å². The van der Waals surface area contributed by atoms with Crippen molar-refractivity contribution in [2.45, 2.75) is 39.2 Å². The Bertz CT molecular complexity index is 511. The molecule has 1 aromatic rings. The molecule has 0 saturated carbocycles. The third kappa shape index (κ3) is 5.55. The van der Waals surface area contributed by atoms with Gasteiger partial charge in [0, 0.05) is 11.3 Å². The lowest BCUT2D eigenvalue weighted by Crippen LogP contribution is -2.40. The average molecular weight is 313 g/mol. The number of carboxylic acids is 1. The number of thiophene rings is 1. The lowest BCUT2D eigenvalue weighted by atomic mass is 10.1. The number of carbonyl (C=O) groups is 3. The van der Waals surface area contributed by atoms with Gasteiger partial charge in [0.1, 0.15) is 6.04 Å². The third-order valence-electron chi connectivity index (χ3n) is 2.78. The summed E-state index contributed by atoms with van der Waals surface area (Å²) < 4.78 is 4.74. The predicted octanol–water partition coefficient (Wildman–Crippen LogP) is 1.84. The van der Waals surface area contributed by atoms with Crippen LogP contribution in [0.4, 0.5) is 0 Å². The molecule has 0 fully saturated rings. The highest BCUT2D eigenvalue weighted by molar-refractivity contribution is 7.14. The number of rotatable bonds is 8. The minimum Gasteiger partial charge on any atom is -0.480 e. The van der Waals surface area contributed by atoms with Crippen LogP contribution < -0.4 is 5.32 Å². The molecule has 1 rings (SSSR count). The zero-order valence-corrected chi connectivity index (χ0v) is 12.9. The van der Waals surface area contributed by atoms with Crippen LogP contribution >= 0.6 is 11.3 Å². The van der Waals surface area contributed by atoms with E-state index in [-0.39, 0.29) is 19.4 Å². The Morgan fingerprint density at radius 3 is 2.57 bits per heavy atom. The normalized spacial score (nSPS) is 11.7. The van der Waals surface area contributed by atoms with Crippen LogP contribution in [0.25, 0.3) is 0 Å². The van der Waals surface area contributed by atoms with Crippen LogP contribution in [0.15, 0.2) is 12.1 Å². The topological polar surface area (TPSA) is 92.7 Å². The van der Waals surface area contributed by atoms with Gasteiger partial charge in [-0.15, -0.1) is 11.3 Å². The first-order valence-electron chi connectivity index (χ1n) is 6.75. The van der Waals surface area contributed by atoms with E-state index in [9.17, 15) is 14.4 Å². The van der Waals surface area contributed by atoms with Crippen molar-refractivity contribution in [1.29, 1.82) is 0 Å². The highest BCUT2D eigenvalue weighted by Crippen LogP contribution is 2.17. The average Bonchev–Trinajstić information content (AvgIpc) is 2.92. The van der Waals surface area contributed by atoms with E-state index in [0.29, 0.717) is 4.88 Å². The van der Waals surface area contributed by atoms with Gasteiger partial charge < -0.3 is 15.2 Å². The second-order valence-electron chi connectivity index (χ2n) is 4.33. The zero-order valence-electron chi connectivity index (χ0n) is 12.0. The van der Waals surface area contributed by atoms with Gasteiger partial charge in [0.2, 0.25) is 0 Å². The summed E-state index contributed by atoms with van der Waals surface area (Å²) in [4.78, 5) is 35.9. The molecule has 0 spiro atoms. The molecule has 0 unspecified atom stereocenters. The van der Waals surface area contributed by atoms with Gasteiger partial charge in [0.15, 0.2) is 0 Å². The van der Waals surface area contributed by atoms with Gasteiger partial charge in [-0.2, -0.15) is 0 Å². The van der Waals surface area contributed by atoms with Crippen LogP contribution in [0.5, 0.6) is 0 Å². The number of esters is 1. The van der Waals surface area contributed by atoms with E-state index < -0.39 is 23.9 Å². The van der Waals surface area contributed by atoms with Crippen LogP contribution in [0.2, 0.25) is 0 Å².